The highest BCUT2D eigenvalue weighted by atomic mass is 14.8. The van der Waals surface area contributed by atoms with Crippen LogP contribution in [0.1, 0.15) is 51.9 Å². The van der Waals surface area contributed by atoms with Crippen LogP contribution >= 0.6 is 0 Å². The number of allylic oxidation sites excluding steroid dienone is 7. The molecule has 0 saturated heterocycles. The molecule has 0 unspecified atom stereocenters. The van der Waals surface area contributed by atoms with Crippen LogP contribution < -0.4 is 0 Å². The SMILES string of the molecule is C=C1N=C(C(/C=C\C)=C/C=C/C2CCCCC2)CCC1=NC. The minimum Gasteiger partial charge on any atom is -0.291 e. The third kappa shape index (κ3) is 4.66. The Bertz CT molecular complexity index is 538. The molecule has 0 aromatic carbocycles. The van der Waals surface area contributed by atoms with E-state index in [1.807, 2.05) is 7.05 Å². The summed E-state index contributed by atoms with van der Waals surface area (Å²) in [4.78, 5) is 8.91. The molecule has 2 heteroatoms. The van der Waals surface area contributed by atoms with Gasteiger partial charge in [-0.3, -0.25) is 9.98 Å². The highest BCUT2D eigenvalue weighted by molar-refractivity contribution is 6.12. The molecule has 0 spiro atoms. The summed E-state index contributed by atoms with van der Waals surface area (Å²) in [6, 6.07) is 0. The standard InChI is InChI=1S/C20H28N2/c1-4-9-18(13-8-12-17-10-6-5-7-11-17)20-15-14-19(21-3)16(2)22-20/h4,8-9,12-13,17H,2,5-7,10-11,14-15H2,1,3H3/b9-4-,12-8+,18-13+,21-19?. The molecule has 1 aliphatic heterocycles. The molecule has 22 heavy (non-hydrogen) atoms. The Balaban J connectivity index is 2.10. The maximum Gasteiger partial charge on any atom is 0.0771 e. The maximum absolute atomic E-state index is 4.66. The van der Waals surface area contributed by atoms with Crippen molar-refractivity contribution in [3.05, 3.63) is 48.2 Å². The smallest absolute Gasteiger partial charge is 0.0771 e. The molecule has 1 heterocycles. The van der Waals surface area contributed by atoms with E-state index in [1.54, 1.807) is 0 Å². The lowest BCUT2D eigenvalue weighted by molar-refractivity contribution is 0.419. The van der Waals surface area contributed by atoms with E-state index >= 15 is 0 Å². The minimum absolute atomic E-state index is 0.763. The van der Waals surface area contributed by atoms with Crippen molar-refractivity contribution in [2.75, 3.05) is 7.05 Å². The van der Waals surface area contributed by atoms with Crippen molar-refractivity contribution in [2.45, 2.75) is 51.9 Å². The minimum atomic E-state index is 0.763. The number of hydrogen-bond acceptors (Lipinski definition) is 2. The summed E-state index contributed by atoms with van der Waals surface area (Å²) in [5.41, 5.74) is 4.17. The first kappa shape index (κ1) is 16.7. The van der Waals surface area contributed by atoms with E-state index in [4.69, 9.17) is 0 Å². The average Bonchev–Trinajstić information content (AvgIpc) is 2.55. The zero-order valence-electron chi connectivity index (χ0n) is 14.0. The van der Waals surface area contributed by atoms with Gasteiger partial charge in [-0.25, -0.2) is 0 Å². The topological polar surface area (TPSA) is 24.7 Å². The molecular weight excluding hydrogens is 268 g/mol. The van der Waals surface area contributed by atoms with Gasteiger partial charge in [0.05, 0.1) is 11.4 Å². The summed E-state index contributed by atoms with van der Waals surface area (Å²) < 4.78 is 0. The molecule has 1 aliphatic carbocycles. The van der Waals surface area contributed by atoms with Crippen molar-refractivity contribution in [1.82, 2.24) is 0 Å². The first-order valence-corrected chi connectivity index (χ1v) is 8.48. The van der Waals surface area contributed by atoms with Crippen LogP contribution in [-0.4, -0.2) is 18.5 Å². The van der Waals surface area contributed by atoms with Gasteiger partial charge in [-0.2, -0.15) is 0 Å². The van der Waals surface area contributed by atoms with Crippen LogP contribution in [0.15, 0.2) is 58.2 Å². The van der Waals surface area contributed by atoms with Gasteiger partial charge < -0.3 is 0 Å². The Morgan fingerprint density at radius 1 is 1.23 bits per heavy atom. The van der Waals surface area contributed by atoms with Gasteiger partial charge in [0, 0.05) is 12.8 Å². The predicted molar refractivity (Wildman–Crippen MR) is 97.8 cm³/mol. The van der Waals surface area contributed by atoms with Crippen LogP contribution in [0.4, 0.5) is 0 Å². The van der Waals surface area contributed by atoms with Gasteiger partial charge in [-0.15, -0.1) is 0 Å². The summed E-state index contributed by atoms with van der Waals surface area (Å²) in [5, 5.41) is 0. The third-order valence-electron chi connectivity index (χ3n) is 4.46. The molecule has 2 aliphatic rings. The third-order valence-corrected chi connectivity index (χ3v) is 4.46. The fourth-order valence-corrected chi connectivity index (χ4v) is 3.18. The van der Waals surface area contributed by atoms with Crippen LogP contribution in [-0.2, 0) is 0 Å². The second-order valence-corrected chi connectivity index (χ2v) is 6.08. The lowest BCUT2D eigenvalue weighted by atomic mass is 9.89. The molecule has 0 bridgehead atoms. The molecule has 0 atom stereocenters. The normalized spacial score (nSPS) is 23.7. The summed E-state index contributed by atoms with van der Waals surface area (Å²) in [6.07, 6.45) is 19.8. The van der Waals surface area contributed by atoms with Crippen molar-refractivity contribution in [3.63, 3.8) is 0 Å². The zero-order valence-corrected chi connectivity index (χ0v) is 14.0. The van der Waals surface area contributed by atoms with E-state index in [-0.39, 0.29) is 0 Å². The molecule has 118 valence electrons. The van der Waals surface area contributed by atoms with E-state index in [1.165, 1.54) is 37.7 Å². The Hall–Kier alpha value is -1.70. The molecule has 1 fully saturated rings. The van der Waals surface area contributed by atoms with Crippen molar-refractivity contribution in [2.24, 2.45) is 15.9 Å². The lowest BCUT2D eigenvalue weighted by Gasteiger charge is -2.18. The van der Waals surface area contributed by atoms with Crippen LogP contribution in [0.3, 0.4) is 0 Å². The Kier molecular flexibility index (Phi) is 6.57. The van der Waals surface area contributed by atoms with Crippen LogP contribution in [0.2, 0.25) is 0 Å². The zero-order chi connectivity index (χ0) is 15.8. The maximum atomic E-state index is 4.66. The van der Waals surface area contributed by atoms with E-state index in [2.05, 4.69) is 53.9 Å². The van der Waals surface area contributed by atoms with Crippen molar-refractivity contribution >= 4 is 11.4 Å². The lowest BCUT2D eigenvalue weighted by Crippen LogP contribution is -2.14. The van der Waals surface area contributed by atoms with Gasteiger partial charge in [0.15, 0.2) is 0 Å². The van der Waals surface area contributed by atoms with Crippen molar-refractivity contribution in [3.8, 4) is 0 Å². The van der Waals surface area contributed by atoms with Crippen LogP contribution in [0.25, 0.3) is 0 Å². The summed E-state index contributed by atoms with van der Waals surface area (Å²) in [6.45, 7) is 6.08. The van der Waals surface area contributed by atoms with Gasteiger partial charge in [0.1, 0.15) is 0 Å². The molecule has 0 aromatic rings. The fourth-order valence-electron chi connectivity index (χ4n) is 3.18. The largest absolute Gasteiger partial charge is 0.291 e. The van der Waals surface area contributed by atoms with Gasteiger partial charge >= 0.3 is 0 Å². The summed E-state index contributed by atoms with van der Waals surface area (Å²) in [5.74, 6) is 0.763. The van der Waals surface area contributed by atoms with E-state index in [0.717, 1.165) is 35.9 Å². The number of aliphatic imine (C=N–C) groups is 2. The Morgan fingerprint density at radius 2 is 2.00 bits per heavy atom. The highest BCUT2D eigenvalue weighted by Crippen LogP contribution is 2.25. The number of nitrogens with zero attached hydrogens (tertiary/aromatic N) is 2. The number of hydrogen-bond donors (Lipinski definition) is 0. The van der Waals surface area contributed by atoms with E-state index in [9.17, 15) is 0 Å². The van der Waals surface area contributed by atoms with Crippen molar-refractivity contribution in [1.29, 1.82) is 0 Å². The molecule has 2 nitrogen and oxygen atoms in total. The van der Waals surface area contributed by atoms with E-state index < -0.39 is 0 Å². The van der Waals surface area contributed by atoms with Crippen molar-refractivity contribution < 1.29 is 0 Å². The van der Waals surface area contributed by atoms with Crippen LogP contribution in [0.5, 0.6) is 0 Å². The quantitative estimate of drug-likeness (QED) is 0.617. The van der Waals surface area contributed by atoms with Gasteiger partial charge in [-0.05, 0) is 44.1 Å². The fraction of sp³-hybridized carbons (Fsp3) is 0.500. The van der Waals surface area contributed by atoms with Gasteiger partial charge in [-0.1, -0.05) is 56.2 Å². The van der Waals surface area contributed by atoms with Gasteiger partial charge in [0.25, 0.3) is 0 Å². The Labute approximate surface area is 135 Å². The monoisotopic (exact) mass is 296 g/mol. The first-order chi connectivity index (χ1) is 10.7. The van der Waals surface area contributed by atoms with E-state index in [0.29, 0.717) is 0 Å². The molecule has 0 amide bonds. The molecule has 2 rings (SSSR count). The summed E-state index contributed by atoms with van der Waals surface area (Å²) in [7, 11) is 1.82. The highest BCUT2D eigenvalue weighted by Gasteiger charge is 2.15. The summed E-state index contributed by atoms with van der Waals surface area (Å²) >= 11 is 0. The predicted octanol–water partition coefficient (Wildman–Crippen LogP) is 5.44. The molecule has 0 aromatic heterocycles. The van der Waals surface area contributed by atoms with Gasteiger partial charge in [0.2, 0.25) is 0 Å². The van der Waals surface area contributed by atoms with Crippen LogP contribution in [0, 0.1) is 5.92 Å². The molecule has 0 N–H and O–H groups in total. The molecular formula is C20H28N2. The second-order valence-electron chi connectivity index (χ2n) is 6.08. The number of rotatable bonds is 4. The Morgan fingerprint density at radius 3 is 2.64 bits per heavy atom. The molecule has 1 saturated carbocycles. The first-order valence-electron chi connectivity index (χ1n) is 8.48. The second kappa shape index (κ2) is 8.67. The molecule has 0 radical (unpaired) electrons. The average molecular weight is 296 g/mol.